The Morgan fingerprint density at radius 1 is 1.22 bits per heavy atom. The molecule has 6 heteroatoms. The van der Waals surface area contributed by atoms with Crippen molar-refractivity contribution in [2.75, 3.05) is 5.32 Å². The van der Waals surface area contributed by atoms with Crippen molar-refractivity contribution in [2.45, 2.75) is 13.3 Å². The van der Waals surface area contributed by atoms with Gasteiger partial charge in [0.1, 0.15) is 0 Å². The van der Waals surface area contributed by atoms with Gasteiger partial charge < -0.3 is 15.5 Å². The van der Waals surface area contributed by atoms with Gasteiger partial charge in [-0.2, -0.15) is 0 Å². The zero-order chi connectivity index (χ0) is 16.4. The fourth-order valence-electron chi connectivity index (χ4n) is 2.34. The average molecular weight is 328 g/mol. The third-order valence-electron chi connectivity index (χ3n) is 3.63. The summed E-state index contributed by atoms with van der Waals surface area (Å²) in [7, 11) is 0. The molecule has 3 rings (SSSR count). The predicted molar refractivity (Wildman–Crippen MR) is 90.9 cm³/mol. The third-order valence-corrected chi connectivity index (χ3v) is 4.42. The van der Waals surface area contributed by atoms with E-state index in [2.05, 4.69) is 10.3 Å². The topological polar surface area (TPSA) is 82.5 Å². The second-order valence-electron chi connectivity index (χ2n) is 5.45. The van der Waals surface area contributed by atoms with Crippen molar-refractivity contribution in [1.29, 1.82) is 0 Å². The van der Waals surface area contributed by atoms with Gasteiger partial charge >= 0.3 is 0 Å². The first-order valence-electron chi connectivity index (χ1n) is 7.18. The molecule has 1 heterocycles. The molecule has 1 amide bonds. The minimum Gasteiger partial charge on any atom is -0.504 e. The van der Waals surface area contributed by atoms with Gasteiger partial charge in [-0.3, -0.25) is 4.79 Å². The van der Waals surface area contributed by atoms with E-state index >= 15 is 0 Å². The van der Waals surface area contributed by atoms with Crippen LogP contribution in [0.15, 0.2) is 41.9 Å². The Labute approximate surface area is 137 Å². The number of thiazole rings is 1. The van der Waals surface area contributed by atoms with Crippen LogP contribution in [0.5, 0.6) is 11.5 Å². The molecule has 5 nitrogen and oxygen atoms in total. The molecule has 23 heavy (non-hydrogen) atoms. The van der Waals surface area contributed by atoms with Crippen molar-refractivity contribution in [3.8, 4) is 11.5 Å². The molecule has 0 spiro atoms. The van der Waals surface area contributed by atoms with E-state index in [1.165, 1.54) is 23.5 Å². The molecule has 2 aromatic carbocycles. The Hall–Kier alpha value is -2.60. The lowest BCUT2D eigenvalue weighted by atomic mass is 10.00. The maximum absolute atomic E-state index is 12.3. The summed E-state index contributed by atoms with van der Waals surface area (Å²) in [6.07, 6.45) is 0.475. The molecule has 3 aromatic rings. The standard InChI is InChI=1S/C17H16N2O3S/c1-10(6-11-2-5-14(20)15(21)7-11)17(22)19-12-3-4-13-16(8-12)23-9-18-13/h2-5,7-10,20-21H,6H2,1H3,(H,19,22). The van der Waals surface area contributed by atoms with Gasteiger partial charge in [-0.25, -0.2) is 4.98 Å². The molecular weight excluding hydrogens is 312 g/mol. The fourth-order valence-corrected chi connectivity index (χ4v) is 3.06. The molecule has 1 aromatic heterocycles. The summed E-state index contributed by atoms with van der Waals surface area (Å²) in [4.78, 5) is 16.5. The van der Waals surface area contributed by atoms with Crippen LogP contribution in [0.4, 0.5) is 5.69 Å². The first kappa shape index (κ1) is 15.3. The molecule has 0 aliphatic rings. The molecule has 0 bridgehead atoms. The summed E-state index contributed by atoms with van der Waals surface area (Å²) in [5, 5.41) is 21.7. The monoisotopic (exact) mass is 328 g/mol. The molecule has 0 fully saturated rings. The average Bonchev–Trinajstić information content (AvgIpc) is 2.98. The lowest BCUT2D eigenvalue weighted by Crippen LogP contribution is -2.22. The molecule has 0 saturated carbocycles. The molecule has 0 saturated heterocycles. The zero-order valence-corrected chi connectivity index (χ0v) is 13.3. The maximum Gasteiger partial charge on any atom is 0.227 e. The summed E-state index contributed by atoms with van der Waals surface area (Å²) in [6, 6.07) is 10.2. The second kappa shape index (κ2) is 6.26. The zero-order valence-electron chi connectivity index (χ0n) is 12.5. The van der Waals surface area contributed by atoms with Crippen molar-refractivity contribution >= 4 is 33.1 Å². The lowest BCUT2D eigenvalue weighted by molar-refractivity contribution is -0.119. The number of nitrogens with zero attached hydrogens (tertiary/aromatic N) is 1. The third kappa shape index (κ3) is 3.43. The van der Waals surface area contributed by atoms with Crippen molar-refractivity contribution < 1.29 is 15.0 Å². The molecule has 0 aliphatic carbocycles. The summed E-state index contributed by atoms with van der Waals surface area (Å²) < 4.78 is 1.03. The number of hydrogen-bond acceptors (Lipinski definition) is 5. The molecule has 0 aliphatic heterocycles. The van der Waals surface area contributed by atoms with E-state index in [1.807, 2.05) is 25.1 Å². The Kier molecular flexibility index (Phi) is 4.16. The fraction of sp³-hybridized carbons (Fsp3) is 0.176. The number of fused-ring (bicyclic) bond motifs is 1. The predicted octanol–water partition coefficient (Wildman–Crippen LogP) is 3.52. The summed E-state index contributed by atoms with van der Waals surface area (Å²) in [6.45, 7) is 1.82. The van der Waals surface area contributed by atoms with E-state index in [9.17, 15) is 15.0 Å². The van der Waals surface area contributed by atoms with Crippen LogP contribution in [0.2, 0.25) is 0 Å². The highest BCUT2D eigenvalue weighted by molar-refractivity contribution is 7.16. The van der Waals surface area contributed by atoms with Crippen molar-refractivity contribution in [1.82, 2.24) is 4.98 Å². The van der Waals surface area contributed by atoms with Crippen LogP contribution in [-0.4, -0.2) is 21.1 Å². The number of nitrogens with one attached hydrogen (secondary N) is 1. The number of aromatic hydroxyl groups is 2. The van der Waals surface area contributed by atoms with Gasteiger partial charge in [-0.05, 0) is 42.3 Å². The highest BCUT2D eigenvalue weighted by atomic mass is 32.1. The number of phenolic OH excluding ortho intramolecular Hbond substituents is 2. The van der Waals surface area contributed by atoms with Crippen LogP contribution in [0.1, 0.15) is 12.5 Å². The first-order valence-corrected chi connectivity index (χ1v) is 8.06. The first-order chi connectivity index (χ1) is 11.0. The number of carbonyl (C=O) groups excluding carboxylic acids is 1. The molecule has 3 N–H and O–H groups in total. The Balaban J connectivity index is 1.67. The number of hydrogen-bond donors (Lipinski definition) is 3. The van der Waals surface area contributed by atoms with E-state index < -0.39 is 0 Å². The van der Waals surface area contributed by atoms with Crippen LogP contribution >= 0.6 is 11.3 Å². The Morgan fingerprint density at radius 3 is 2.83 bits per heavy atom. The normalized spacial score (nSPS) is 12.2. The van der Waals surface area contributed by atoms with Gasteiger partial charge in [0, 0.05) is 11.6 Å². The summed E-state index contributed by atoms with van der Waals surface area (Å²) >= 11 is 1.53. The van der Waals surface area contributed by atoms with E-state index in [0.717, 1.165) is 21.5 Å². The molecule has 1 atom stereocenters. The lowest BCUT2D eigenvalue weighted by Gasteiger charge is -2.13. The van der Waals surface area contributed by atoms with Crippen LogP contribution < -0.4 is 5.32 Å². The van der Waals surface area contributed by atoms with Crippen molar-refractivity contribution in [3.63, 3.8) is 0 Å². The maximum atomic E-state index is 12.3. The number of carbonyl (C=O) groups is 1. The minimum atomic E-state index is -0.267. The van der Waals surface area contributed by atoms with Crippen LogP contribution in [0, 0.1) is 5.92 Å². The van der Waals surface area contributed by atoms with E-state index in [4.69, 9.17) is 0 Å². The van der Waals surface area contributed by atoms with Crippen LogP contribution in [-0.2, 0) is 11.2 Å². The minimum absolute atomic E-state index is 0.0959. The number of rotatable bonds is 4. The van der Waals surface area contributed by atoms with Gasteiger partial charge in [0.25, 0.3) is 0 Å². The van der Waals surface area contributed by atoms with Gasteiger partial charge in [0.2, 0.25) is 5.91 Å². The summed E-state index contributed by atoms with van der Waals surface area (Å²) in [5.74, 6) is -0.702. The number of phenols is 2. The second-order valence-corrected chi connectivity index (χ2v) is 6.34. The van der Waals surface area contributed by atoms with Gasteiger partial charge in [-0.1, -0.05) is 13.0 Å². The van der Waals surface area contributed by atoms with Crippen LogP contribution in [0.25, 0.3) is 10.2 Å². The van der Waals surface area contributed by atoms with Gasteiger partial charge in [0.05, 0.1) is 15.7 Å². The van der Waals surface area contributed by atoms with Gasteiger partial charge in [0.15, 0.2) is 11.5 Å². The van der Waals surface area contributed by atoms with Crippen LogP contribution in [0.3, 0.4) is 0 Å². The highest BCUT2D eigenvalue weighted by Crippen LogP contribution is 2.26. The van der Waals surface area contributed by atoms with E-state index in [-0.39, 0.29) is 23.3 Å². The molecule has 0 radical (unpaired) electrons. The molecule has 1 unspecified atom stereocenters. The van der Waals surface area contributed by atoms with Crippen molar-refractivity contribution in [2.24, 2.45) is 5.92 Å². The Bertz CT molecular complexity index is 860. The number of amides is 1. The SMILES string of the molecule is CC(Cc1ccc(O)c(O)c1)C(=O)Nc1ccc2ncsc2c1. The largest absolute Gasteiger partial charge is 0.504 e. The van der Waals surface area contributed by atoms with E-state index in [1.54, 1.807) is 11.6 Å². The number of anilines is 1. The summed E-state index contributed by atoms with van der Waals surface area (Å²) in [5.41, 5.74) is 4.23. The smallest absolute Gasteiger partial charge is 0.227 e. The van der Waals surface area contributed by atoms with E-state index in [0.29, 0.717) is 6.42 Å². The number of aromatic nitrogens is 1. The molecule has 118 valence electrons. The van der Waals surface area contributed by atoms with Gasteiger partial charge in [-0.15, -0.1) is 11.3 Å². The van der Waals surface area contributed by atoms with Crippen molar-refractivity contribution in [3.05, 3.63) is 47.5 Å². The number of benzene rings is 2. The molecular formula is C17H16N2O3S. The quantitative estimate of drug-likeness (QED) is 0.640. The highest BCUT2D eigenvalue weighted by Gasteiger charge is 2.15. The Morgan fingerprint density at radius 2 is 2.04 bits per heavy atom.